The number of pyridine rings is 1. The quantitative estimate of drug-likeness (QED) is 0.831. The van der Waals surface area contributed by atoms with Crippen molar-refractivity contribution in [1.29, 1.82) is 0 Å². The number of nitrogens with one attached hydrogen (secondary N) is 1. The predicted octanol–water partition coefficient (Wildman–Crippen LogP) is 2.72. The summed E-state index contributed by atoms with van der Waals surface area (Å²) in [5.74, 6) is 0.234. The third-order valence-corrected chi connectivity index (χ3v) is 2.76. The Labute approximate surface area is 121 Å². The second kappa shape index (κ2) is 7.00. The van der Waals surface area contributed by atoms with E-state index < -0.39 is 5.82 Å². The normalized spacial score (nSPS) is 10.3. The Morgan fingerprint density at radius 2 is 2.15 bits per heavy atom. The van der Waals surface area contributed by atoms with Gasteiger partial charge in [-0.25, -0.2) is 19.3 Å². The average Bonchev–Trinajstić information content (AvgIpc) is 2.47. The lowest BCUT2D eigenvalue weighted by atomic mass is 10.3. The van der Waals surface area contributed by atoms with Gasteiger partial charge in [-0.05, 0) is 12.5 Å². The predicted molar refractivity (Wildman–Crippen MR) is 74.6 cm³/mol. The fraction of sp³-hybridized carbons (Fsp3) is 0.308. The number of hydrogen-bond donors (Lipinski definition) is 1. The SMILES string of the molecule is CCc1ncnc(NCCOc2ccc(Cl)cn2)c1F. The van der Waals surface area contributed by atoms with Gasteiger partial charge in [0, 0.05) is 12.3 Å². The Bertz CT molecular complexity index is 565. The molecule has 0 aliphatic rings. The van der Waals surface area contributed by atoms with Gasteiger partial charge in [0.25, 0.3) is 0 Å². The molecular weight excluding hydrogens is 283 g/mol. The minimum Gasteiger partial charge on any atom is -0.476 e. The van der Waals surface area contributed by atoms with E-state index >= 15 is 0 Å². The first-order valence-corrected chi connectivity index (χ1v) is 6.56. The van der Waals surface area contributed by atoms with Crippen LogP contribution in [0.5, 0.6) is 5.88 Å². The van der Waals surface area contributed by atoms with Crippen LogP contribution in [0.1, 0.15) is 12.6 Å². The van der Waals surface area contributed by atoms with Crippen LogP contribution >= 0.6 is 11.6 Å². The van der Waals surface area contributed by atoms with Crippen molar-refractivity contribution < 1.29 is 9.13 Å². The van der Waals surface area contributed by atoms with E-state index in [-0.39, 0.29) is 5.82 Å². The summed E-state index contributed by atoms with van der Waals surface area (Å²) in [4.78, 5) is 11.7. The molecule has 5 nitrogen and oxygen atoms in total. The molecule has 0 unspecified atom stereocenters. The molecule has 0 aliphatic carbocycles. The van der Waals surface area contributed by atoms with E-state index in [1.807, 2.05) is 6.92 Å². The van der Waals surface area contributed by atoms with Crippen LogP contribution in [0.4, 0.5) is 10.2 Å². The van der Waals surface area contributed by atoms with Crippen LogP contribution in [-0.4, -0.2) is 28.1 Å². The minimum atomic E-state index is -0.417. The molecule has 0 amide bonds. The largest absolute Gasteiger partial charge is 0.476 e. The van der Waals surface area contributed by atoms with Crippen molar-refractivity contribution >= 4 is 17.4 Å². The Balaban J connectivity index is 1.83. The van der Waals surface area contributed by atoms with Crippen molar-refractivity contribution in [3.05, 3.63) is 41.2 Å². The van der Waals surface area contributed by atoms with E-state index in [4.69, 9.17) is 16.3 Å². The van der Waals surface area contributed by atoms with Gasteiger partial charge in [-0.3, -0.25) is 0 Å². The number of halogens is 2. The fourth-order valence-corrected chi connectivity index (χ4v) is 1.66. The van der Waals surface area contributed by atoms with Gasteiger partial charge in [-0.1, -0.05) is 18.5 Å². The third kappa shape index (κ3) is 3.77. The van der Waals surface area contributed by atoms with Crippen LogP contribution in [-0.2, 0) is 6.42 Å². The fourth-order valence-electron chi connectivity index (χ4n) is 1.55. The molecule has 0 fully saturated rings. The number of ether oxygens (including phenoxy) is 1. The van der Waals surface area contributed by atoms with Crippen LogP contribution in [0.25, 0.3) is 0 Å². The Morgan fingerprint density at radius 1 is 1.30 bits per heavy atom. The van der Waals surface area contributed by atoms with E-state index in [1.165, 1.54) is 12.5 Å². The van der Waals surface area contributed by atoms with E-state index in [0.717, 1.165) is 0 Å². The summed E-state index contributed by atoms with van der Waals surface area (Å²) in [6.45, 7) is 2.57. The van der Waals surface area contributed by atoms with Crippen LogP contribution in [0.2, 0.25) is 5.02 Å². The van der Waals surface area contributed by atoms with Gasteiger partial charge < -0.3 is 10.1 Å². The molecule has 2 aromatic heterocycles. The summed E-state index contributed by atoms with van der Waals surface area (Å²) in [6.07, 6.45) is 3.36. The lowest BCUT2D eigenvalue weighted by Crippen LogP contribution is -2.14. The number of hydrogen-bond acceptors (Lipinski definition) is 5. The molecule has 1 N–H and O–H groups in total. The van der Waals surface area contributed by atoms with Gasteiger partial charge in [0.15, 0.2) is 11.6 Å². The van der Waals surface area contributed by atoms with Gasteiger partial charge in [-0.15, -0.1) is 0 Å². The van der Waals surface area contributed by atoms with E-state index in [0.29, 0.717) is 36.2 Å². The maximum absolute atomic E-state index is 13.8. The maximum atomic E-state index is 13.8. The van der Waals surface area contributed by atoms with Crippen LogP contribution in [0.15, 0.2) is 24.7 Å². The first-order chi connectivity index (χ1) is 9.70. The molecule has 2 heterocycles. The maximum Gasteiger partial charge on any atom is 0.213 e. The summed E-state index contributed by atoms with van der Waals surface area (Å²) < 4.78 is 19.2. The average molecular weight is 297 g/mol. The Hall–Kier alpha value is -1.95. The van der Waals surface area contributed by atoms with Crippen LogP contribution < -0.4 is 10.1 Å². The van der Waals surface area contributed by atoms with E-state index in [1.54, 1.807) is 12.1 Å². The zero-order chi connectivity index (χ0) is 14.4. The van der Waals surface area contributed by atoms with Gasteiger partial charge in [0.05, 0.1) is 17.3 Å². The van der Waals surface area contributed by atoms with Crippen molar-refractivity contribution in [2.24, 2.45) is 0 Å². The van der Waals surface area contributed by atoms with Crippen molar-refractivity contribution in [2.75, 3.05) is 18.5 Å². The summed E-state index contributed by atoms with van der Waals surface area (Å²) in [7, 11) is 0. The van der Waals surface area contributed by atoms with E-state index in [9.17, 15) is 4.39 Å². The molecule has 0 atom stereocenters. The third-order valence-electron chi connectivity index (χ3n) is 2.54. The van der Waals surface area contributed by atoms with Gasteiger partial charge >= 0.3 is 0 Å². The highest BCUT2D eigenvalue weighted by molar-refractivity contribution is 6.30. The molecule has 0 radical (unpaired) electrons. The molecule has 0 spiro atoms. The highest BCUT2D eigenvalue weighted by atomic mass is 35.5. The number of anilines is 1. The molecule has 0 aromatic carbocycles. The standard InChI is InChI=1S/C13H14ClFN4O/c1-2-10-12(15)13(19-8-18-10)16-5-6-20-11-4-3-9(14)7-17-11/h3-4,7-8H,2,5-6H2,1H3,(H,16,18,19). The molecule has 0 saturated carbocycles. The first-order valence-electron chi connectivity index (χ1n) is 6.18. The number of aryl methyl sites for hydroxylation is 1. The summed E-state index contributed by atoms with van der Waals surface area (Å²) in [6, 6.07) is 3.36. The highest BCUT2D eigenvalue weighted by Gasteiger charge is 2.08. The molecule has 0 aliphatic heterocycles. The van der Waals surface area contributed by atoms with Gasteiger partial charge in [0.2, 0.25) is 5.88 Å². The Morgan fingerprint density at radius 3 is 2.85 bits per heavy atom. The van der Waals surface area contributed by atoms with Gasteiger partial charge in [0.1, 0.15) is 12.9 Å². The Kier molecular flexibility index (Phi) is 5.06. The molecule has 7 heteroatoms. The molecule has 2 rings (SSSR count). The molecule has 0 bridgehead atoms. The van der Waals surface area contributed by atoms with Crippen molar-refractivity contribution in [3.63, 3.8) is 0 Å². The van der Waals surface area contributed by atoms with Gasteiger partial charge in [-0.2, -0.15) is 0 Å². The van der Waals surface area contributed by atoms with Crippen LogP contribution in [0, 0.1) is 5.82 Å². The molecule has 20 heavy (non-hydrogen) atoms. The lowest BCUT2D eigenvalue weighted by molar-refractivity contribution is 0.319. The highest BCUT2D eigenvalue weighted by Crippen LogP contribution is 2.13. The second-order valence-corrected chi connectivity index (χ2v) is 4.36. The van der Waals surface area contributed by atoms with Crippen molar-refractivity contribution in [2.45, 2.75) is 13.3 Å². The number of nitrogens with zero attached hydrogens (tertiary/aromatic N) is 3. The number of rotatable bonds is 6. The molecule has 2 aromatic rings. The second-order valence-electron chi connectivity index (χ2n) is 3.93. The summed E-state index contributed by atoms with van der Waals surface area (Å²) >= 11 is 5.71. The lowest BCUT2D eigenvalue weighted by Gasteiger charge is -2.09. The molecule has 106 valence electrons. The summed E-state index contributed by atoms with van der Waals surface area (Å²) in [5, 5.41) is 3.41. The molecular formula is C13H14ClFN4O. The minimum absolute atomic E-state index is 0.185. The summed E-state index contributed by atoms with van der Waals surface area (Å²) in [5.41, 5.74) is 0.391. The van der Waals surface area contributed by atoms with Crippen molar-refractivity contribution in [1.82, 2.24) is 15.0 Å². The zero-order valence-corrected chi connectivity index (χ0v) is 11.7. The monoisotopic (exact) mass is 296 g/mol. The van der Waals surface area contributed by atoms with E-state index in [2.05, 4.69) is 20.3 Å². The van der Waals surface area contributed by atoms with Crippen LogP contribution in [0.3, 0.4) is 0 Å². The molecule has 0 saturated heterocycles. The zero-order valence-electron chi connectivity index (χ0n) is 10.9. The van der Waals surface area contributed by atoms with Crippen molar-refractivity contribution in [3.8, 4) is 5.88 Å². The number of aromatic nitrogens is 3. The topological polar surface area (TPSA) is 59.9 Å². The first kappa shape index (κ1) is 14.5. The smallest absolute Gasteiger partial charge is 0.213 e.